The Balaban J connectivity index is 2.86. The molecular weight excluding hydrogens is 239 g/mol. The summed E-state index contributed by atoms with van der Waals surface area (Å²) < 4.78 is 9.99. The molecule has 1 aromatic carbocycles. The molecule has 0 saturated carbocycles. The lowest BCUT2D eigenvalue weighted by atomic mass is 10.1. The van der Waals surface area contributed by atoms with Gasteiger partial charge in [-0.25, -0.2) is 0 Å². The summed E-state index contributed by atoms with van der Waals surface area (Å²) in [6.07, 6.45) is -0.824. The van der Waals surface area contributed by atoms with Crippen LogP contribution in [0.5, 0.6) is 5.75 Å². The van der Waals surface area contributed by atoms with E-state index in [4.69, 9.17) is 32.7 Å². The first-order valence-corrected chi connectivity index (χ1v) is 5.11. The summed E-state index contributed by atoms with van der Waals surface area (Å²) in [5, 5.41) is -0.596. The van der Waals surface area contributed by atoms with Crippen molar-refractivity contribution in [2.24, 2.45) is 0 Å². The molecule has 0 N–H and O–H groups in total. The molecule has 82 valence electrons. The first-order chi connectivity index (χ1) is 7.19. The maximum absolute atomic E-state index is 11.0. The average Bonchev–Trinajstić information content (AvgIpc) is 2.26. The van der Waals surface area contributed by atoms with Crippen LogP contribution in [0.25, 0.3) is 0 Å². The highest BCUT2D eigenvalue weighted by Gasteiger charge is 2.18. The summed E-state index contributed by atoms with van der Waals surface area (Å²) in [5.74, 6) is 0.699. The van der Waals surface area contributed by atoms with Crippen molar-refractivity contribution in [1.29, 1.82) is 0 Å². The van der Waals surface area contributed by atoms with E-state index in [1.165, 1.54) is 0 Å². The Hall–Kier alpha value is -0.770. The van der Waals surface area contributed by atoms with Crippen LogP contribution in [0.4, 0.5) is 0 Å². The lowest BCUT2D eigenvalue weighted by molar-refractivity contribution is -0.121. The third-order valence-corrected chi connectivity index (χ3v) is 2.18. The van der Waals surface area contributed by atoms with Crippen molar-refractivity contribution in [3.05, 3.63) is 29.8 Å². The number of alkyl halides is 1. The molecule has 15 heavy (non-hydrogen) atoms. The highest BCUT2D eigenvalue weighted by molar-refractivity contribution is 6.64. The second kappa shape index (κ2) is 5.95. The first-order valence-electron chi connectivity index (χ1n) is 4.20. The van der Waals surface area contributed by atoms with E-state index in [1.807, 2.05) is 0 Å². The third-order valence-electron chi connectivity index (χ3n) is 1.85. The van der Waals surface area contributed by atoms with Crippen LogP contribution in [0, 0.1) is 0 Å². The first kappa shape index (κ1) is 12.3. The summed E-state index contributed by atoms with van der Waals surface area (Å²) in [4.78, 5) is 11.0. The predicted octanol–water partition coefficient (Wildman–Crippen LogP) is 2.71. The largest absolute Gasteiger partial charge is 0.497 e. The van der Waals surface area contributed by atoms with Gasteiger partial charge in [0.2, 0.25) is 0 Å². The smallest absolute Gasteiger partial charge is 0.255 e. The zero-order chi connectivity index (χ0) is 11.3. The third kappa shape index (κ3) is 3.38. The SMILES string of the molecule is COc1ccc(C(OCCl)C(=O)Cl)cc1. The summed E-state index contributed by atoms with van der Waals surface area (Å²) in [6, 6.07) is 6.77. The van der Waals surface area contributed by atoms with Crippen molar-refractivity contribution in [2.45, 2.75) is 6.10 Å². The Morgan fingerprint density at radius 1 is 1.40 bits per heavy atom. The van der Waals surface area contributed by atoms with Crippen molar-refractivity contribution >= 4 is 28.4 Å². The van der Waals surface area contributed by atoms with Gasteiger partial charge in [-0.15, -0.1) is 0 Å². The lowest BCUT2D eigenvalue weighted by Crippen LogP contribution is -2.10. The molecular formula is C10H10Cl2O3. The van der Waals surface area contributed by atoms with Crippen molar-refractivity contribution < 1.29 is 14.3 Å². The topological polar surface area (TPSA) is 35.5 Å². The van der Waals surface area contributed by atoms with E-state index in [-0.39, 0.29) is 6.07 Å². The van der Waals surface area contributed by atoms with Crippen molar-refractivity contribution in [3.63, 3.8) is 0 Å². The van der Waals surface area contributed by atoms with E-state index in [9.17, 15) is 4.79 Å². The van der Waals surface area contributed by atoms with E-state index >= 15 is 0 Å². The number of methoxy groups -OCH3 is 1. The molecule has 1 atom stereocenters. The van der Waals surface area contributed by atoms with Crippen molar-refractivity contribution in [1.82, 2.24) is 0 Å². The molecule has 0 heterocycles. The van der Waals surface area contributed by atoms with Gasteiger partial charge in [-0.1, -0.05) is 23.7 Å². The minimum atomic E-state index is -0.824. The molecule has 1 aromatic rings. The fraction of sp³-hybridized carbons (Fsp3) is 0.300. The standard InChI is InChI=1S/C10H10Cl2O3/c1-14-8-4-2-7(3-5-8)9(10(12)13)15-6-11/h2-5,9H,6H2,1H3. The Bertz CT molecular complexity index is 324. The zero-order valence-corrected chi connectivity index (χ0v) is 9.59. The van der Waals surface area contributed by atoms with Crippen molar-refractivity contribution in [3.8, 4) is 5.75 Å². The van der Waals surface area contributed by atoms with Crippen LogP contribution >= 0.6 is 23.2 Å². The summed E-state index contributed by atoms with van der Waals surface area (Å²) in [6.45, 7) is 0. The Morgan fingerprint density at radius 2 is 2.00 bits per heavy atom. The quantitative estimate of drug-likeness (QED) is 0.594. The Morgan fingerprint density at radius 3 is 2.40 bits per heavy atom. The summed E-state index contributed by atoms with van der Waals surface area (Å²) in [5.41, 5.74) is 0.649. The maximum atomic E-state index is 11.0. The highest BCUT2D eigenvalue weighted by Crippen LogP contribution is 2.23. The zero-order valence-electron chi connectivity index (χ0n) is 8.07. The van der Waals surface area contributed by atoms with Gasteiger partial charge >= 0.3 is 0 Å². The molecule has 0 saturated heterocycles. The number of carbonyl (C=O) groups excluding carboxylic acids is 1. The minimum absolute atomic E-state index is 0.0881. The molecule has 0 spiro atoms. The predicted molar refractivity (Wildman–Crippen MR) is 58.4 cm³/mol. The number of rotatable bonds is 5. The molecule has 0 bridgehead atoms. The van der Waals surface area contributed by atoms with Gasteiger partial charge in [0.05, 0.1) is 7.11 Å². The number of carbonyl (C=O) groups is 1. The van der Waals surface area contributed by atoms with E-state index in [0.29, 0.717) is 11.3 Å². The molecule has 0 amide bonds. The fourth-order valence-corrected chi connectivity index (χ4v) is 1.45. The van der Waals surface area contributed by atoms with Gasteiger partial charge in [-0.05, 0) is 29.3 Å². The van der Waals surface area contributed by atoms with Gasteiger partial charge in [0.15, 0.2) is 6.10 Å². The highest BCUT2D eigenvalue weighted by atomic mass is 35.5. The molecule has 5 heteroatoms. The second-order valence-electron chi connectivity index (χ2n) is 2.73. The molecule has 0 aliphatic heterocycles. The van der Waals surface area contributed by atoms with Crippen LogP contribution in [0.3, 0.4) is 0 Å². The molecule has 1 rings (SSSR count). The maximum Gasteiger partial charge on any atom is 0.255 e. The normalized spacial score (nSPS) is 12.2. The van der Waals surface area contributed by atoms with E-state index in [2.05, 4.69) is 0 Å². The number of benzene rings is 1. The minimum Gasteiger partial charge on any atom is -0.497 e. The van der Waals surface area contributed by atoms with Gasteiger partial charge in [-0.2, -0.15) is 0 Å². The van der Waals surface area contributed by atoms with Gasteiger partial charge in [0.25, 0.3) is 5.24 Å². The number of hydrogen-bond acceptors (Lipinski definition) is 3. The van der Waals surface area contributed by atoms with Crippen LogP contribution in [0.1, 0.15) is 11.7 Å². The van der Waals surface area contributed by atoms with Gasteiger partial charge in [0.1, 0.15) is 11.8 Å². The van der Waals surface area contributed by atoms with E-state index in [1.54, 1.807) is 31.4 Å². The average molecular weight is 249 g/mol. The molecule has 3 nitrogen and oxygen atoms in total. The number of hydrogen-bond donors (Lipinski definition) is 0. The second-order valence-corrected chi connectivity index (χ2v) is 3.32. The Kier molecular flexibility index (Phi) is 4.88. The van der Waals surface area contributed by atoms with Crippen LogP contribution < -0.4 is 4.74 Å². The van der Waals surface area contributed by atoms with Crippen LogP contribution in [-0.4, -0.2) is 18.4 Å². The van der Waals surface area contributed by atoms with Gasteiger partial charge in [-0.3, -0.25) is 4.79 Å². The molecule has 0 aliphatic rings. The van der Waals surface area contributed by atoms with Crippen LogP contribution in [0.15, 0.2) is 24.3 Å². The molecule has 0 radical (unpaired) electrons. The molecule has 0 aromatic heterocycles. The molecule has 1 unspecified atom stereocenters. The number of halogens is 2. The van der Waals surface area contributed by atoms with Gasteiger partial charge < -0.3 is 9.47 Å². The van der Waals surface area contributed by atoms with Crippen molar-refractivity contribution in [2.75, 3.05) is 13.2 Å². The van der Waals surface area contributed by atoms with E-state index in [0.717, 1.165) is 0 Å². The summed E-state index contributed by atoms with van der Waals surface area (Å²) in [7, 11) is 1.56. The monoisotopic (exact) mass is 248 g/mol. The summed E-state index contributed by atoms with van der Waals surface area (Å²) >= 11 is 10.8. The van der Waals surface area contributed by atoms with E-state index < -0.39 is 11.3 Å². The molecule has 0 aliphatic carbocycles. The number of ether oxygens (including phenoxy) is 2. The Labute approximate surface area is 97.9 Å². The lowest BCUT2D eigenvalue weighted by Gasteiger charge is -2.12. The van der Waals surface area contributed by atoms with Crippen LogP contribution in [-0.2, 0) is 9.53 Å². The fourth-order valence-electron chi connectivity index (χ4n) is 1.13. The molecule has 0 fully saturated rings. The van der Waals surface area contributed by atoms with Crippen LogP contribution in [0.2, 0.25) is 0 Å². The van der Waals surface area contributed by atoms with Gasteiger partial charge in [0, 0.05) is 0 Å².